The van der Waals surface area contributed by atoms with Crippen LogP contribution in [0.1, 0.15) is 19.0 Å². The van der Waals surface area contributed by atoms with E-state index >= 15 is 0 Å². The first-order valence-electron chi connectivity index (χ1n) is 4.01. The fraction of sp³-hybridized carbons (Fsp3) is 0.300. The highest BCUT2D eigenvalue weighted by molar-refractivity contribution is 7.03. The second-order valence-corrected chi connectivity index (χ2v) is 3.35. The summed E-state index contributed by atoms with van der Waals surface area (Å²) >= 11 is 1.51. The Morgan fingerprint density at radius 2 is 2.58 bits per heavy atom. The summed E-state index contributed by atoms with van der Waals surface area (Å²) in [5, 5.41) is 2.01. The van der Waals surface area contributed by atoms with E-state index in [2.05, 4.69) is 30.0 Å². The standard InChI is InChI=1S/C10H13NS/c1-3-9(2)5-4-6-10-7-8-12-11-10/h3,5,7-8H,1,4,6H2,2H3. The lowest BCUT2D eigenvalue weighted by molar-refractivity contribution is 0.964. The molecular formula is C10H13NS. The minimum atomic E-state index is 1.04. The highest BCUT2D eigenvalue weighted by Crippen LogP contribution is 2.05. The van der Waals surface area contributed by atoms with Crippen molar-refractivity contribution in [2.75, 3.05) is 0 Å². The maximum absolute atomic E-state index is 4.23. The lowest BCUT2D eigenvalue weighted by atomic mass is 10.2. The van der Waals surface area contributed by atoms with E-state index in [0.29, 0.717) is 0 Å². The predicted molar refractivity (Wildman–Crippen MR) is 54.4 cm³/mol. The van der Waals surface area contributed by atoms with Gasteiger partial charge in [0, 0.05) is 5.38 Å². The molecule has 64 valence electrons. The molecule has 0 spiro atoms. The van der Waals surface area contributed by atoms with E-state index in [1.54, 1.807) is 0 Å². The van der Waals surface area contributed by atoms with Crippen LogP contribution in [0.15, 0.2) is 35.8 Å². The van der Waals surface area contributed by atoms with Crippen molar-refractivity contribution in [2.45, 2.75) is 19.8 Å². The highest BCUT2D eigenvalue weighted by atomic mass is 32.1. The zero-order chi connectivity index (χ0) is 8.81. The zero-order valence-corrected chi connectivity index (χ0v) is 8.10. The Bertz CT molecular complexity index is 259. The molecule has 1 aromatic rings. The van der Waals surface area contributed by atoms with Gasteiger partial charge in [-0.05, 0) is 37.4 Å². The molecule has 1 rings (SSSR count). The van der Waals surface area contributed by atoms with Crippen molar-refractivity contribution in [2.24, 2.45) is 0 Å². The fourth-order valence-corrected chi connectivity index (χ4v) is 1.46. The second-order valence-electron chi connectivity index (χ2n) is 2.68. The van der Waals surface area contributed by atoms with Crippen molar-refractivity contribution in [3.05, 3.63) is 41.4 Å². The first kappa shape index (κ1) is 9.20. The lowest BCUT2D eigenvalue weighted by Crippen LogP contribution is -1.81. The average molecular weight is 179 g/mol. The summed E-state index contributed by atoms with van der Waals surface area (Å²) in [6, 6.07) is 2.07. The zero-order valence-electron chi connectivity index (χ0n) is 7.29. The molecule has 0 atom stereocenters. The van der Waals surface area contributed by atoms with E-state index in [0.717, 1.165) is 12.8 Å². The molecule has 0 radical (unpaired) electrons. The largest absolute Gasteiger partial charge is 0.198 e. The van der Waals surface area contributed by atoms with Gasteiger partial charge in [-0.3, -0.25) is 0 Å². The van der Waals surface area contributed by atoms with Crippen molar-refractivity contribution >= 4 is 11.5 Å². The highest BCUT2D eigenvalue weighted by Gasteiger charge is 1.91. The summed E-state index contributed by atoms with van der Waals surface area (Å²) in [5.74, 6) is 0. The normalized spacial score (nSPS) is 11.6. The SMILES string of the molecule is C=CC(C)=CCCc1ccsn1. The van der Waals surface area contributed by atoms with Crippen LogP contribution in [0.2, 0.25) is 0 Å². The molecule has 0 N–H and O–H groups in total. The summed E-state index contributed by atoms with van der Waals surface area (Å²) < 4.78 is 4.23. The Morgan fingerprint density at radius 1 is 1.75 bits per heavy atom. The van der Waals surface area contributed by atoms with E-state index in [1.807, 2.05) is 11.5 Å². The third kappa shape index (κ3) is 3.01. The average Bonchev–Trinajstić information content (AvgIpc) is 2.57. The minimum Gasteiger partial charge on any atom is -0.198 e. The van der Waals surface area contributed by atoms with Gasteiger partial charge in [-0.25, -0.2) is 0 Å². The van der Waals surface area contributed by atoms with Crippen LogP contribution in [0.3, 0.4) is 0 Å². The Balaban J connectivity index is 2.32. The van der Waals surface area contributed by atoms with Crippen molar-refractivity contribution in [3.8, 4) is 0 Å². The number of rotatable bonds is 4. The Labute approximate surface area is 77.6 Å². The van der Waals surface area contributed by atoms with Crippen LogP contribution >= 0.6 is 11.5 Å². The fourth-order valence-electron chi connectivity index (χ4n) is 0.898. The molecule has 0 amide bonds. The Kier molecular flexibility index (Phi) is 3.74. The van der Waals surface area contributed by atoms with Crippen LogP contribution in [0.5, 0.6) is 0 Å². The molecule has 0 aromatic carbocycles. The van der Waals surface area contributed by atoms with Gasteiger partial charge in [-0.1, -0.05) is 24.3 Å². The van der Waals surface area contributed by atoms with Gasteiger partial charge in [-0.2, -0.15) is 4.37 Å². The van der Waals surface area contributed by atoms with Gasteiger partial charge in [0.05, 0.1) is 5.69 Å². The molecule has 1 nitrogen and oxygen atoms in total. The third-order valence-corrected chi connectivity index (χ3v) is 2.28. The molecule has 0 aliphatic rings. The van der Waals surface area contributed by atoms with Gasteiger partial charge in [0.25, 0.3) is 0 Å². The second kappa shape index (κ2) is 4.88. The summed E-state index contributed by atoms with van der Waals surface area (Å²) in [6.45, 7) is 5.76. The van der Waals surface area contributed by atoms with E-state index in [4.69, 9.17) is 0 Å². The molecule has 0 bridgehead atoms. The Morgan fingerprint density at radius 3 is 3.17 bits per heavy atom. The maximum atomic E-state index is 4.23. The quantitative estimate of drug-likeness (QED) is 0.647. The van der Waals surface area contributed by atoms with Crippen LogP contribution in [0.4, 0.5) is 0 Å². The van der Waals surface area contributed by atoms with E-state index in [1.165, 1.54) is 22.8 Å². The monoisotopic (exact) mass is 179 g/mol. The number of aryl methyl sites for hydroxylation is 1. The topological polar surface area (TPSA) is 12.9 Å². The van der Waals surface area contributed by atoms with Gasteiger partial charge < -0.3 is 0 Å². The number of allylic oxidation sites excluding steroid dienone is 3. The molecule has 0 aliphatic carbocycles. The van der Waals surface area contributed by atoms with Gasteiger partial charge in [-0.15, -0.1) is 0 Å². The lowest BCUT2D eigenvalue weighted by Gasteiger charge is -1.92. The Hall–Kier alpha value is -0.890. The van der Waals surface area contributed by atoms with Gasteiger partial charge >= 0.3 is 0 Å². The van der Waals surface area contributed by atoms with E-state index in [9.17, 15) is 0 Å². The number of nitrogens with zero attached hydrogens (tertiary/aromatic N) is 1. The molecule has 0 saturated heterocycles. The number of aromatic nitrogens is 1. The minimum absolute atomic E-state index is 1.04. The summed E-state index contributed by atoms with van der Waals surface area (Å²) in [6.07, 6.45) is 6.16. The molecular weight excluding hydrogens is 166 g/mol. The molecule has 0 saturated carbocycles. The van der Waals surface area contributed by atoms with Crippen LogP contribution in [-0.4, -0.2) is 4.37 Å². The van der Waals surface area contributed by atoms with Gasteiger partial charge in [0.15, 0.2) is 0 Å². The van der Waals surface area contributed by atoms with E-state index in [-0.39, 0.29) is 0 Å². The third-order valence-electron chi connectivity index (χ3n) is 1.68. The molecule has 0 fully saturated rings. The first-order valence-corrected chi connectivity index (χ1v) is 4.85. The summed E-state index contributed by atoms with van der Waals surface area (Å²) in [7, 11) is 0. The molecule has 12 heavy (non-hydrogen) atoms. The molecule has 2 heteroatoms. The number of hydrogen-bond donors (Lipinski definition) is 0. The maximum Gasteiger partial charge on any atom is 0.0545 e. The smallest absolute Gasteiger partial charge is 0.0545 e. The van der Waals surface area contributed by atoms with Crippen molar-refractivity contribution < 1.29 is 0 Å². The predicted octanol–water partition coefficient (Wildman–Crippen LogP) is 3.21. The van der Waals surface area contributed by atoms with Crippen LogP contribution in [0, 0.1) is 0 Å². The van der Waals surface area contributed by atoms with E-state index < -0.39 is 0 Å². The summed E-state index contributed by atoms with van der Waals surface area (Å²) in [5.41, 5.74) is 2.43. The molecule has 0 aliphatic heterocycles. The van der Waals surface area contributed by atoms with Gasteiger partial charge in [0.1, 0.15) is 0 Å². The van der Waals surface area contributed by atoms with Crippen molar-refractivity contribution in [3.63, 3.8) is 0 Å². The first-order chi connectivity index (χ1) is 5.83. The molecule has 1 aromatic heterocycles. The van der Waals surface area contributed by atoms with Crippen LogP contribution < -0.4 is 0 Å². The molecule has 0 unspecified atom stereocenters. The van der Waals surface area contributed by atoms with Crippen LogP contribution in [-0.2, 0) is 6.42 Å². The summed E-state index contributed by atoms with van der Waals surface area (Å²) in [4.78, 5) is 0. The van der Waals surface area contributed by atoms with Gasteiger partial charge in [0.2, 0.25) is 0 Å². The van der Waals surface area contributed by atoms with Crippen molar-refractivity contribution in [1.82, 2.24) is 4.37 Å². The number of hydrogen-bond acceptors (Lipinski definition) is 2. The molecule has 1 heterocycles. The van der Waals surface area contributed by atoms with Crippen molar-refractivity contribution in [1.29, 1.82) is 0 Å². The van der Waals surface area contributed by atoms with Crippen LogP contribution in [0.25, 0.3) is 0 Å².